The molecule has 1 fully saturated rings. The smallest absolute Gasteiger partial charge is 0.261 e. The van der Waals surface area contributed by atoms with Crippen LogP contribution in [0, 0.1) is 6.92 Å². The second-order valence-electron chi connectivity index (χ2n) is 8.43. The van der Waals surface area contributed by atoms with Gasteiger partial charge >= 0.3 is 0 Å². The standard InChI is InChI=1S/C26H28N4O3S/c1-18-8-10-21(11-9-18)30(23(31)17-28-25(32)22-7-4-16-34-22)24(19-12-14-27-15-13-19)26(33)29-20-5-2-3-6-20/h4,7-16,20,24H,2-3,5-6,17H2,1H3,(H,28,32)(H,29,33)/t24-/m1/s1. The summed E-state index contributed by atoms with van der Waals surface area (Å²) in [7, 11) is 0. The molecule has 0 saturated heterocycles. The van der Waals surface area contributed by atoms with Crippen LogP contribution in [-0.2, 0) is 9.59 Å². The van der Waals surface area contributed by atoms with Crippen molar-refractivity contribution < 1.29 is 14.4 Å². The predicted octanol–water partition coefficient (Wildman–Crippen LogP) is 4.01. The molecule has 1 aromatic carbocycles. The monoisotopic (exact) mass is 476 g/mol. The summed E-state index contributed by atoms with van der Waals surface area (Å²) in [6.07, 6.45) is 7.26. The number of nitrogens with one attached hydrogen (secondary N) is 2. The Kier molecular flexibility index (Phi) is 7.69. The van der Waals surface area contributed by atoms with Crippen LogP contribution < -0.4 is 15.5 Å². The fourth-order valence-corrected chi connectivity index (χ4v) is 4.83. The Morgan fingerprint density at radius 1 is 1.06 bits per heavy atom. The molecule has 3 aromatic rings. The van der Waals surface area contributed by atoms with Crippen molar-refractivity contribution in [1.82, 2.24) is 15.6 Å². The number of carbonyl (C=O) groups is 3. The first-order valence-electron chi connectivity index (χ1n) is 11.4. The molecule has 2 aromatic heterocycles. The van der Waals surface area contributed by atoms with Gasteiger partial charge in [0.1, 0.15) is 6.04 Å². The average Bonchev–Trinajstić information content (AvgIpc) is 3.57. The molecule has 3 amide bonds. The number of aromatic nitrogens is 1. The van der Waals surface area contributed by atoms with E-state index in [1.807, 2.05) is 36.6 Å². The van der Waals surface area contributed by atoms with Gasteiger partial charge in [0.05, 0.1) is 11.4 Å². The Morgan fingerprint density at radius 2 is 1.76 bits per heavy atom. The van der Waals surface area contributed by atoms with E-state index in [9.17, 15) is 14.4 Å². The van der Waals surface area contributed by atoms with Crippen LogP contribution in [0.2, 0.25) is 0 Å². The molecule has 0 unspecified atom stereocenters. The van der Waals surface area contributed by atoms with E-state index in [0.29, 0.717) is 16.1 Å². The Hall–Kier alpha value is -3.52. The molecular weight excluding hydrogens is 448 g/mol. The van der Waals surface area contributed by atoms with Crippen LogP contribution in [0.15, 0.2) is 66.3 Å². The third-order valence-corrected chi connectivity index (χ3v) is 6.82. The highest BCUT2D eigenvalue weighted by Gasteiger charge is 2.34. The second-order valence-corrected chi connectivity index (χ2v) is 9.38. The molecule has 7 nitrogen and oxygen atoms in total. The van der Waals surface area contributed by atoms with Gasteiger partial charge in [0.2, 0.25) is 11.8 Å². The number of rotatable bonds is 8. The fraction of sp³-hybridized carbons (Fsp3) is 0.308. The van der Waals surface area contributed by atoms with Gasteiger partial charge < -0.3 is 10.6 Å². The molecule has 4 rings (SSSR count). The topological polar surface area (TPSA) is 91.4 Å². The Morgan fingerprint density at radius 3 is 2.41 bits per heavy atom. The molecule has 0 radical (unpaired) electrons. The lowest BCUT2D eigenvalue weighted by Gasteiger charge is -2.32. The van der Waals surface area contributed by atoms with E-state index in [-0.39, 0.29) is 30.3 Å². The first kappa shape index (κ1) is 23.6. The van der Waals surface area contributed by atoms with Gasteiger partial charge in [0.15, 0.2) is 0 Å². The minimum atomic E-state index is -0.891. The Bertz CT molecular complexity index is 1110. The minimum absolute atomic E-state index is 0.102. The normalized spacial score (nSPS) is 14.4. The lowest BCUT2D eigenvalue weighted by atomic mass is 10.0. The van der Waals surface area contributed by atoms with Crippen LogP contribution in [0.1, 0.15) is 52.5 Å². The van der Waals surface area contributed by atoms with Gasteiger partial charge in [-0.15, -0.1) is 11.3 Å². The third-order valence-electron chi connectivity index (χ3n) is 5.96. The molecule has 8 heteroatoms. The zero-order chi connectivity index (χ0) is 23.9. The van der Waals surface area contributed by atoms with E-state index in [1.165, 1.54) is 16.2 Å². The predicted molar refractivity (Wildman–Crippen MR) is 133 cm³/mol. The van der Waals surface area contributed by atoms with Crippen molar-refractivity contribution in [2.75, 3.05) is 11.4 Å². The lowest BCUT2D eigenvalue weighted by Crippen LogP contribution is -2.49. The van der Waals surface area contributed by atoms with Crippen molar-refractivity contribution in [3.63, 3.8) is 0 Å². The molecule has 1 saturated carbocycles. The lowest BCUT2D eigenvalue weighted by molar-refractivity contribution is -0.126. The SMILES string of the molecule is Cc1ccc(N(C(=O)CNC(=O)c2cccs2)[C@@H](C(=O)NC2CCCC2)c2ccncc2)cc1. The molecule has 1 aliphatic carbocycles. The molecular formula is C26H28N4O3S. The van der Waals surface area contributed by atoms with E-state index < -0.39 is 6.04 Å². The van der Waals surface area contributed by atoms with E-state index >= 15 is 0 Å². The number of anilines is 1. The molecule has 1 atom stereocenters. The van der Waals surface area contributed by atoms with Crippen LogP contribution in [0.4, 0.5) is 5.69 Å². The number of pyridine rings is 1. The van der Waals surface area contributed by atoms with E-state index in [4.69, 9.17) is 0 Å². The van der Waals surface area contributed by atoms with Crippen LogP contribution >= 0.6 is 11.3 Å². The third kappa shape index (κ3) is 5.69. The van der Waals surface area contributed by atoms with Gasteiger partial charge in [-0.2, -0.15) is 0 Å². The first-order valence-corrected chi connectivity index (χ1v) is 12.3. The molecule has 0 spiro atoms. The van der Waals surface area contributed by atoms with Crippen LogP contribution in [0.5, 0.6) is 0 Å². The quantitative estimate of drug-likeness (QED) is 0.514. The molecule has 2 heterocycles. The van der Waals surface area contributed by atoms with Crippen LogP contribution in [0.25, 0.3) is 0 Å². The Labute approximate surface area is 203 Å². The summed E-state index contributed by atoms with van der Waals surface area (Å²) in [5.74, 6) is -0.933. The van der Waals surface area contributed by atoms with E-state index in [2.05, 4.69) is 15.6 Å². The summed E-state index contributed by atoms with van der Waals surface area (Å²) in [4.78, 5) is 45.7. The van der Waals surface area contributed by atoms with Gasteiger partial charge in [0, 0.05) is 24.1 Å². The molecule has 1 aliphatic rings. The number of carbonyl (C=O) groups excluding carboxylic acids is 3. The highest BCUT2D eigenvalue weighted by atomic mass is 32.1. The fourth-order valence-electron chi connectivity index (χ4n) is 4.19. The zero-order valence-electron chi connectivity index (χ0n) is 19.1. The van der Waals surface area contributed by atoms with Crippen molar-refractivity contribution in [3.8, 4) is 0 Å². The zero-order valence-corrected chi connectivity index (χ0v) is 19.9. The van der Waals surface area contributed by atoms with Crippen LogP contribution in [0.3, 0.4) is 0 Å². The second kappa shape index (κ2) is 11.1. The van der Waals surface area contributed by atoms with E-state index in [1.54, 1.807) is 36.7 Å². The average molecular weight is 477 g/mol. The van der Waals surface area contributed by atoms with Crippen molar-refractivity contribution in [3.05, 3.63) is 82.3 Å². The molecule has 0 aliphatic heterocycles. The summed E-state index contributed by atoms with van der Waals surface area (Å²) in [5.41, 5.74) is 2.28. The molecule has 2 N–H and O–H groups in total. The van der Waals surface area contributed by atoms with Gasteiger partial charge in [-0.05, 0) is 61.0 Å². The maximum atomic E-state index is 13.6. The highest BCUT2D eigenvalue weighted by Crippen LogP contribution is 2.29. The van der Waals surface area contributed by atoms with Gasteiger partial charge in [-0.1, -0.05) is 36.6 Å². The van der Waals surface area contributed by atoms with Gasteiger partial charge in [0.25, 0.3) is 5.91 Å². The number of amides is 3. The van der Waals surface area contributed by atoms with Crippen molar-refractivity contribution in [2.45, 2.75) is 44.7 Å². The van der Waals surface area contributed by atoms with Gasteiger partial charge in [-0.3, -0.25) is 24.3 Å². The highest BCUT2D eigenvalue weighted by molar-refractivity contribution is 7.12. The first-order chi connectivity index (χ1) is 16.5. The van der Waals surface area contributed by atoms with Crippen molar-refractivity contribution in [1.29, 1.82) is 0 Å². The number of hydrogen-bond acceptors (Lipinski definition) is 5. The van der Waals surface area contributed by atoms with Gasteiger partial charge in [-0.25, -0.2) is 0 Å². The Balaban J connectivity index is 1.65. The summed E-state index contributed by atoms with van der Waals surface area (Å²) in [6.45, 7) is 1.73. The molecule has 0 bridgehead atoms. The number of aryl methyl sites for hydroxylation is 1. The van der Waals surface area contributed by atoms with Crippen molar-refractivity contribution >= 4 is 34.7 Å². The number of nitrogens with zero attached hydrogens (tertiary/aromatic N) is 2. The van der Waals surface area contributed by atoms with Crippen LogP contribution in [-0.4, -0.2) is 35.3 Å². The summed E-state index contributed by atoms with van der Waals surface area (Å²) in [5, 5.41) is 7.65. The summed E-state index contributed by atoms with van der Waals surface area (Å²) >= 11 is 1.31. The number of hydrogen-bond donors (Lipinski definition) is 2. The molecule has 176 valence electrons. The van der Waals surface area contributed by atoms with Crippen molar-refractivity contribution in [2.24, 2.45) is 0 Å². The van der Waals surface area contributed by atoms with E-state index in [0.717, 1.165) is 31.2 Å². The number of thiophene rings is 1. The maximum absolute atomic E-state index is 13.6. The largest absolute Gasteiger partial charge is 0.351 e. The summed E-state index contributed by atoms with van der Waals surface area (Å²) in [6, 6.07) is 13.6. The minimum Gasteiger partial charge on any atom is -0.351 e. The summed E-state index contributed by atoms with van der Waals surface area (Å²) < 4.78 is 0. The number of benzene rings is 1. The maximum Gasteiger partial charge on any atom is 0.261 e. The molecule has 34 heavy (non-hydrogen) atoms.